The van der Waals surface area contributed by atoms with Crippen LogP contribution in [-0.2, 0) is 19.0 Å². The van der Waals surface area contributed by atoms with Gasteiger partial charge in [-0.1, -0.05) is 0 Å². The molecule has 0 aromatic heterocycles. The van der Waals surface area contributed by atoms with Gasteiger partial charge in [0.1, 0.15) is 5.60 Å². The van der Waals surface area contributed by atoms with Gasteiger partial charge in [0.15, 0.2) is 0 Å². The number of ether oxygens (including phenoxy) is 3. The minimum Gasteiger partial charge on any atom is -0.459 e. The summed E-state index contributed by atoms with van der Waals surface area (Å²) < 4.78 is 15.3. The number of hydrogen-bond donors (Lipinski definition) is 0. The van der Waals surface area contributed by atoms with Gasteiger partial charge >= 0.3 is 5.97 Å². The van der Waals surface area contributed by atoms with E-state index in [0.717, 1.165) is 0 Å². The van der Waals surface area contributed by atoms with Crippen LogP contribution in [0, 0.1) is 6.92 Å². The lowest BCUT2D eigenvalue weighted by atomic mass is 9.98. The Labute approximate surface area is 91.9 Å². The molecular weight excluding hydrogens is 196 g/mol. The Balaban J connectivity index is 4.07. The lowest BCUT2D eigenvalue weighted by molar-refractivity contribution is -0.155. The van der Waals surface area contributed by atoms with Crippen LogP contribution in [0.4, 0.5) is 0 Å². The maximum Gasteiger partial charge on any atom is 0.303 e. The SMILES string of the molecule is [CH2]C(CCOC)(CCOCC)OC(C)=O. The van der Waals surface area contributed by atoms with E-state index in [-0.39, 0.29) is 5.97 Å². The van der Waals surface area contributed by atoms with Crippen LogP contribution < -0.4 is 0 Å². The van der Waals surface area contributed by atoms with E-state index in [1.165, 1.54) is 6.92 Å². The monoisotopic (exact) mass is 217 g/mol. The molecule has 0 bridgehead atoms. The number of rotatable bonds is 8. The van der Waals surface area contributed by atoms with Gasteiger partial charge in [-0.25, -0.2) is 0 Å². The van der Waals surface area contributed by atoms with Crippen molar-refractivity contribution in [2.45, 2.75) is 32.3 Å². The highest BCUT2D eigenvalue weighted by atomic mass is 16.6. The molecule has 0 aliphatic rings. The second-order valence-electron chi connectivity index (χ2n) is 3.47. The smallest absolute Gasteiger partial charge is 0.303 e. The van der Waals surface area contributed by atoms with Crippen molar-refractivity contribution in [3.8, 4) is 0 Å². The van der Waals surface area contributed by atoms with Crippen LogP contribution >= 0.6 is 0 Å². The first kappa shape index (κ1) is 14.4. The van der Waals surface area contributed by atoms with Crippen molar-refractivity contribution in [1.82, 2.24) is 0 Å². The molecule has 0 aliphatic carbocycles. The summed E-state index contributed by atoms with van der Waals surface area (Å²) in [6.45, 7) is 8.93. The lowest BCUT2D eigenvalue weighted by Crippen LogP contribution is -2.34. The molecular formula is C11H21O4. The molecule has 1 radical (unpaired) electrons. The first-order chi connectivity index (χ1) is 7.04. The number of esters is 1. The zero-order valence-corrected chi connectivity index (χ0v) is 9.88. The molecule has 0 heterocycles. The molecule has 15 heavy (non-hydrogen) atoms. The van der Waals surface area contributed by atoms with Crippen molar-refractivity contribution in [2.24, 2.45) is 0 Å². The molecule has 1 atom stereocenters. The van der Waals surface area contributed by atoms with Gasteiger partial charge in [-0.05, 0) is 13.8 Å². The third kappa shape index (κ3) is 7.33. The van der Waals surface area contributed by atoms with Gasteiger partial charge in [-0.3, -0.25) is 4.79 Å². The molecule has 4 nitrogen and oxygen atoms in total. The zero-order chi connectivity index (χ0) is 11.7. The van der Waals surface area contributed by atoms with E-state index in [0.29, 0.717) is 32.7 Å². The van der Waals surface area contributed by atoms with Crippen molar-refractivity contribution in [3.63, 3.8) is 0 Å². The number of hydrogen-bond acceptors (Lipinski definition) is 4. The molecule has 0 spiro atoms. The van der Waals surface area contributed by atoms with Crippen molar-refractivity contribution in [1.29, 1.82) is 0 Å². The highest BCUT2D eigenvalue weighted by molar-refractivity contribution is 5.66. The summed E-state index contributed by atoms with van der Waals surface area (Å²) in [4.78, 5) is 10.9. The molecule has 0 aromatic rings. The van der Waals surface area contributed by atoms with Crippen molar-refractivity contribution < 1.29 is 19.0 Å². The maximum absolute atomic E-state index is 10.9. The fourth-order valence-electron chi connectivity index (χ4n) is 1.22. The van der Waals surface area contributed by atoms with Gasteiger partial charge in [0.05, 0.1) is 6.61 Å². The number of methoxy groups -OCH3 is 1. The predicted octanol–water partition coefficient (Wildman–Crippen LogP) is 1.59. The first-order valence-corrected chi connectivity index (χ1v) is 5.15. The molecule has 0 rings (SSSR count). The fraction of sp³-hybridized carbons (Fsp3) is 0.818. The molecule has 0 fully saturated rings. The van der Waals surface area contributed by atoms with E-state index in [2.05, 4.69) is 6.92 Å². The topological polar surface area (TPSA) is 44.8 Å². The summed E-state index contributed by atoms with van der Waals surface area (Å²) >= 11 is 0. The van der Waals surface area contributed by atoms with E-state index in [1.54, 1.807) is 7.11 Å². The zero-order valence-electron chi connectivity index (χ0n) is 9.88. The van der Waals surface area contributed by atoms with Gasteiger partial charge < -0.3 is 14.2 Å². The van der Waals surface area contributed by atoms with E-state index >= 15 is 0 Å². The molecule has 0 amide bonds. The summed E-state index contributed by atoms with van der Waals surface area (Å²) in [5.41, 5.74) is -0.725. The van der Waals surface area contributed by atoms with Gasteiger partial charge in [-0.15, -0.1) is 0 Å². The minimum absolute atomic E-state index is 0.322. The Morgan fingerprint density at radius 1 is 1.33 bits per heavy atom. The highest BCUT2D eigenvalue weighted by Crippen LogP contribution is 2.20. The Hall–Kier alpha value is -0.610. The Kier molecular flexibility index (Phi) is 7.34. The average Bonchev–Trinajstić information content (AvgIpc) is 2.14. The maximum atomic E-state index is 10.9. The summed E-state index contributed by atoms with van der Waals surface area (Å²) in [6.07, 6.45) is 1.17. The van der Waals surface area contributed by atoms with Crippen LogP contribution in [0.1, 0.15) is 26.7 Å². The molecule has 4 heteroatoms. The van der Waals surface area contributed by atoms with Gasteiger partial charge in [-0.2, -0.15) is 0 Å². The molecule has 0 aliphatic heterocycles. The normalized spacial score (nSPS) is 14.7. The molecule has 0 saturated heterocycles. The van der Waals surface area contributed by atoms with Gasteiger partial charge in [0.2, 0.25) is 0 Å². The van der Waals surface area contributed by atoms with Crippen molar-refractivity contribution in [2.75, 3.05) is 26.9 Å². The number of carbonyl (C=O) groups is 1. The van der Waals surface area contributed by atoms with Crippen LogP contribution in [-0.4, -0.2) is 38.5 Å². The fourth-order valence-corrected chi connectivity index (χ4v) is 1.22. The summed E-state index contributed by atoms with van der Waals surface area (Å²) in [5.74, 6) is -0.322. The quantitative estimate of drug-likeness (QED) is 0.457. The van der Waals surface area contributed by atoms with E-state index < -0.39 is 5.60 Å². The van der Waals surface area contributed by atoms with E-state index in [9.17, 15) is 4.79 Å². The van der Waals surface area contributed by atoms with E-state index in [4.69, 9.17) is 14.2 Å². The van der Waals surface area contributed by atoms with Gasteiger partial charge in [0.25, 0.3) is 0 Å². The molecule has 0 saturated carbocycles. The predicted molar refractivity (Wildman–Crippen MR) is 57.5 cm³/mol. The molecule has 1 unspecified atom stereocenters. The van der Waals surface area contributed by atoms with Crippen LogP contribution in [0.2, 0.25) is 0 Å². The minimum atomic E-state index is -0.725. The molecule has 0 aromatic carbocycles. The molecule has 0 N–H and O–H groups in total. The summed E-state index contributed by atoms with van der Waals surface area (Å²) in [7, 11) is 1.61. The Morgan fingerprint density at radius 2 is 1.93 bits per heavy atom. The Morgan fingerprint density at radius 3 is 2.40 bits per heavy atom. The Bertz CT molecular complexity index is 181. The van der Waals surface area contributed by atoms with E-state index in [1.807, 2.05) is 6.92 Å². The largest absolute Gasteiger partial charge is 0.459 e. The van der Waals surface area contributed by atoms with Crippen LogP contribution in [0.25, 0.3) is 0 Å². The van der Waals surface area contributed by atoms with Crippen molar-refractivity contribution >= 4 is 5.97 Å². The summed E-state index contributed by atoms with van der Waals surface area (Å²) in [5, 5.41) is 0. The van der Waals surface area contributed by atoms with Gasteiger partial charge in [0, 0.05) is 40.1 Å². The van der Waals surface area contributed by atoms with Crippen molar-refractivity contribution in [3.05, 3.63) is 6.92 Å². The number of carbonyl (C=O) groups excluding carboxylic acids is 1. The second kappa shape index (κ2) is 7.65. The van der Waals surface area contributed by atoms with Crippen LogP contribution in [0.3, 0.4) is 0 Å². The van der Waals surface area contributed by atoms with Crippen LogP contribution in [0.5, 0.6) is 0 Å². The second-order valence-corrected chi connectivity index (χ2v) is 3.47. The average molecular weight is 217 g/mol. The molecule has 89 valence electrons. The first-order valence-electron chi connectivity index (χ1n) is 5.15. The van der Waals surface area contributed by atoms with Crippen LogP contribution in [0.15, 0.2) is 0 Å². The lowest BCUT2D eigenvalue weighted by Gasteiger charge is -2.28. The third-order valence-corrected chi connectivity index (χ3v) is 2.03. The third-order valence-electron chi connectivity index (χ3n) is 2.03. The highest BCUT2D eigenvalue weighted by Gasteiger charge is 2.27. The summed E-state index contributed by atoms with van der Waals surface area (Å²) in [6, 6.07) is 0. The standard InChI is InChI=1S/C11H21O4/c1-5-14-9-7-11(3,6-8-13-4)15-10(2)12/h3,5-9H2,1-2,4H3.